The predicted octanol–water partition coefficient (Wildman–Crippen LogP) is 4.41. The predicted molar refractivity (Wildman–Crippen MR) is 117 cm³/mol. The van der Waals surface area contributed by atoms with E-state index in [4.69, 9.17) is 0 Å². The van der Waals surface area contributed by atoms with Gasteiger partial charge in [-0.1, -0.05) is 48.6 Å². The van der Waals surface area contributed by atoms with Gasteiger partial charge in [-0.15, -0.1) is 0 Å². The highest BCUT2D eigenvalue weighted by atomic mass is 32.2. The number of hydrogen-bond acceptors (Lipinski definition) is 4. The van der Waals surface area contributed by atoms with Crippen LogP contribution in [0.2, 0.25) is 0 Å². The molecule has 4 aromatic rings. The number of sulfone groups is 1. The highest BCUT2D eigenvalue weighted by molar-refractivity contribution is 7.90. The SMILES string of the molecule is CCCn1c(=NC(=O)c2ccc3ccccc3c2)sc2cc(S(C)(=O)=O)ccc21. The van der Waals surface area contributed by atoms with Gasteiger partial charge in [-0.05, 0) is 47.5 Å². The lowest BCUT2D eigenvalue weighted by atomic mass is 10.1. The molecule has 0 saturated carbocycles. The molecular formula is C22H20N2O3S2. The summed E-state index contributed by atoms with van der Waals surface area (Å²) in [6.45, 7) is 2.75. The Bertz CT molecular complexity index is 1410. The Labute approximate surface area is 172 Å². The van der Waals surface area contributed by atoms with Crippen LogP contribution in [0.3, 0.4) is 0 Å². The molecule has 29 heavy (non-hydrogen) atoms. The molecular weight excluding hydrogens is 404 g/mol. The molecule has 0 aliphatic carbocycles. The molecule has 0 aliphatic rings. The van der Waals surface area contributed by atoms with E-state index >= 15 is 0 Å². The van der Waals surface area contributed by atoms with Gasteiger partial charge in [-0.2, -0.15) is 4.99 Å². The summed E-state index contributed by atoms with van der Waals surface area (Å²) in [5.41, 5.74) is 1.41. The monoisotopic (exact) mass is 424 g/mol. The number of benzene rings is 3. The molecule has 0 unspecified atom stereocenters. The standard InChI is InChI=1S/C22H20N2O3S2/c1-3-12-24-19-11-10-18(29(2,26)27)14-20(19)28-22(24)23-21(25)17-9-8-15-6-4-5-7-16(15)13-17/h4-11,13-14H,3,12H2,1-2H3. The Morgan fingerprint density at radius 1 is 1.03 bits per heavy atom. The lowest BCUT2D eigenvalue weighted by molar-refractivity contribution is 0.0998. The van der Waals surface area contributed by atoms with Crippen molar-refractivity contribution in [3.63, 3.8) is 0 Å². The van der Waals surface area contributed by atoms with E-state index in [0.717, 1.165) is 27.4 Å². The second-order valence-electron chi connectivity index (χ2n) is 6.92. The molecule has 0 saturated heterocycles. The van der Waals surface area contributed by atoms with Crippen LogP contribution in [-0.2, 0) is 16.4 Å². The first-order valence-corrected chi connectivity index (χ1v) is 12.0. The molecule has 0 aliphatic heterocycles. The molecule has 0 bridgehead atoms. The minimum atomic E-state index is -3.30. The Morgan fingerprint density at radius 3 is 2.52 bits per heavy atom. The van der Waals surface area contributed by atoms with Gasteiger partial charge in [0, 0.05) is 18.4 Å². The number of rotatable bonds is 4. The van der Waals surface area contributed by atoms with E-state index in [-0.39, 0.29) is 10.8 Å². The van der Waals surface area contributed by atoms with E-state index in [2.05, 4.69) is 11.9 Å². The number of thiazole rings is 1. The van der Waals surface area contributed by atoms with Crippen LogP contribution >= 0.6 is 11.3 Å². The molecule has 1 heterocycles. The van der Waals surface area contributed by atoms with Gasteiger partial charge in [0.05, 0.1) is 15.1 Å². The van der Waals surface area contributed by atoms with Gasteiger partial charge in [0.1, 0.15) is 0 Å². The maximum absolute atomic E-state index is 12.8. The maximum atomic E-state index is 12.8. The fourth-order valence-corrected chi connectivity index (χ4v) is 5.10. The van der Waals surface area contributed by atoms with E-state index in [9.17, 15) is 13.2 Å². The fraction of sp³-hybridized carbons (Fsp3) is 0.182. The number of fused-ring (bicyclic) bond motifs is 2. The molecule has 7 heteroatoms. The van der Waals surface area contributed by atoms with Crippen molar-refractivity contribution >= 4 is 48.1 Å². The normalized spacial score (nSPS) is 12.7. The molecule has 3 aromatic carbocycles. The van der Waals surface area contributed by atoms with Crippen molar-refractivity contribution in [2.75, 3.05) is 6.26 Å². The molecule has 0 atom stereocenters. The Morgan fingerprint density at radius 2 is 1.79 bits per heavy atom. The molecule has 0 radical (unpaired) electrons. The van der Waals surface area contributed by atoms with Crippen LogP contribution in [0.25, 0.3) is 21.0 Å². The highest BCUT2D eigenvalue weighted by Crippen LogP contribution is 2.22. The van der Waals surface area contributed by atoms with Crippen LogP contribution in [-0.4, -0.2) is 25.1 Å². The third kappa shape index (κ3) is 3.88. The van der Waals surface area contributed by atoms with E-state index < -0.39 is 9.84 Å². The van der Waals surface area contributed by atoms with Crippen LogP contribution in [0.15, 0.2) is 70.6 Å². The molecule has 1 aromatic heterocycles. The minimum Gasteiger partial charge on any atom is -0.316 e. The summed E-state index contributed by atoms with van der Waals surface area (Å²) >= 11 is 1.33. The largest absolute Gasteiger partial charge is 0.316 e. The van der Waals surface area contributed by atoms with Crippen molar-refractivity contribution in [1.82, 2.24) is 4.57 Å². The average Bonchev–Trinajstić information content (AvgIpc) is 3.03. The zero-order chi connectivity index (χ0) is 20.6. The van der Waals surface area contributed by atoms with E-state index in [1.807, 2.05) is 41.0 Å². The Balaban J connectivity index is 1.84. The maximum Gasteiger partial charge on any atom is 0.279 e. The lowest BCUT2D eigenvalue weighted by Crippen LogP contribution is -2.16. The van der Waals surface area contributed by atoms with E-state index in [1.54, 1.807) is 24.3 Å². The van der Waals surface area contributed by atoms with Crippen molar-refractivity contribution in [3.8, 4) is 0 Å². The summed E-state index contributed by atoms with van der Waals surface area (Å²) < 4.78 is 26.5. The summed E-state index contributed by atoms with van der Waals surface area (Å²) in [6.07, 6.45) is 2.06. The number of hydrogen-bond donors (Lipinski definition) is 0. The van der Waals surface area contributed by atoms with Gasteiger partial charge < -0.3 is 4.57 Å². The minimum absolute atomic E-state index is 0.266. The molecule has 148 valence electrons. The zero-order valence-electron chi connectivity index (χ0n) is 16.1. The van der Waals surface area contributed by atoms with Crippen LogP contribution < -0.4 is 4.80 Å². The van der Waals surface area contributed by atoms with Crippen LogP contribution in [0.4, 0.5) is 0 Å². The molecule has 4 rings (SSSR count). The van der Waals surface area contributed by atoms with Crippen molar-refractivity contribution in [2.24, 2.45) is 4.99 Å². The third-order valence-corrected chi connectivity index (χ3v) is 6.87. The average molecular weight is 425 g/mol. The van der Waals surface area contributed by atoms with Gasteiger partial charge in [-0.25, -0.2) is 8.42 Å². The Kier molecular flexibility index (Phi) is 5.10. The molecule has 5 nitrogen and oxygen atoms in total. The second-order valence-corrected chi connectivity index (χ2v) is 9.94. The summed E-state index contributed by atoms with van der Waals surface area (Å²) in [7, 11) is -3.30. The van der Waals surface area contributed by atoms with Crippen LogP contribution in [0.5, 0.6) is 0 Å². The summed E-state index contributed by atoms with van der Waals surface area (Å²) in [5, 5.41) is 2.06. The molecule has 0 fully saturated rings. The number of aromatic nitrogens is 1. The van der Waals surface area contributed by atoms with Crippen molar-refractivity contribution in [1.29, 1.82) is 0 Å². The molecule has 0 spiro atoms. The van der Waals surface area contributed by atoms with Crippen molar-refractivity contribution < 1.29 is 13.2 Å². The fourth-order valence-electron chi connectivity index (χ4n) is 3.28. The van der Waals surface area contributed by atoms with Crippen LogP contribution in [0.1, 0.15) is 23.7 Å². The number of carbonyl (C=O) groups is 1. The first kappa shape index (κ1) is 19.5. The van der Waals surface area contributed by atoms with Gasteiger partial charge in [0.2, 0.25) is 0 Å². The van der Waals surface area contributed by atoms with Crippen LogP contribution in [0, 0.1) is 0 Å². The third-order valence-electron chi connectivity index (χ3n) is 4.72. The number of carbonyl (C=O) groups excluding carboxylic acids is 1. The van der Waals surface area contributed by atoms with Gasteiger partial charge in [-0.3, -0.25) is 4.79 Å². The Hall–Kier alpha value is -2.77. The van der Waals surface area contributed by atoms with Gasteiger partial charge in [0.25, 0.3) is 5.91 Å². The van der Waals surface area contributed by atoms with E-state index in [1.165, 1.54) is 17.6 Å². The molecule has 1 amide bonds. The topological polar surface area (TPSA) is 68.5 Å². The summed E-state index contributed by atoms with van der Waals surface area (Å²) in [4.78, 5) is 18.1. The number of nitrogens with zero attached hydrogens (tertiary/aromatic N) is 2. The van der Waals surface area contributed by atoms with E-state index in [0.29, 0.717) is 16.9 Å². The number of aryl methyl sites for hydroxylation is 1. The first-order chi connectivity index (χ1) is 13.9. The summed E-state index contributed by atoms with van der Waals surface area (Å²) in [5.74, 6) is -0.310. The quantitative estimate of drug-likeness (QED) is 0.487. The van der Waals surface area contributed by atoms with Crippen molar-refractivity contribution in [3.05, 3.63) is 71.0 Å². The smallest absolute Gasteiger partial charge is 0.279 e. The molecule has 0 N–H and O–H groups in total. The highest BCUT2D eigenvalue weighted by Gasteiger charge is 2.13. The van der Waals surface area contributed by atoms with Crippen molar-refractivity contribution in [2.45, 2.75) is 24.8 Å². The number of amides is 1. The van der Waals surface area contributed by atoms with Gasteiger partial charge >= 0.3 is 0 Å². The lowest BCUT2D eigenvalue weighted by Gasteiger charge is -2.04. The first-order valence-electron chi connectivity index (χ1n) is 9.28. The second kappa shape index (κ2) is 7.57. The summed E-state index contributed by atoms with van der Waals surface area (Å²) in [6, 6.07) is 18.5. The van der Waals surface area contributed by atoms with Gasteiger partial charge in [0.15, 0.2) is 14.6 Å². The zero-order valence-corrected chi connectivity index (χ0v) is 17.8.